The highest BCUT2D eigenvalue weighted by Gasteiger charge is 2.19. The lowest BCUT2D eigenvalue weighted by Crippen LogP contribution is -2.35. The van der Waals surface area contributed by atoms with E-state index < -0.39 is 0 Å². The molecule has 0 spiro atoms. The van der Waals surface area contributed by atoms with Crippen molar-refractivity contribution in [1.82, 2.24) is 0 Å². The Morgan fingerprint density at radius 3 is 2.86 bits per heavy atom. The second-order valence-corrected chi connectivity index (χ2v) is 5.62. The Kier molecular flexibility index (Phi) is 7.35. The van der Waals surface area contributed by atoms with Gasteiger partial charge in [0.1, 0.15) is 0 Å². The van der Waals surface area contributed by atoms with Gasteiger partial charge in [-0.15, -0.1) is 12.4 Å². The summed E-state index contributed by atoms with van der Waals surface area (Å²) in [7, 11) is 0. The molecule has 0 aliphatic carbocycles. The summed E-state index contributed by atoms with van der Waals surface area (Å²) < 4.78 is 0. The van der Waals surface area contributed by atoms with Crippen LogP contribution in [0.15, 0.2) is 24.3 Å². The molecular weight excluding hydrogens is 302 g/mol. The first kappa shape index (κ1) is 18.5. The molecule has 6 heteroatoms. The number of carbonyl (C=O) groups excluding carboxylic acids is 2. The molecule has 3 N–H and O–H groups in total. The number of hydrogen-bond acceptors (Lipinski definition) is 3. The van der Waals surface area contributed by atoms with Gasteiger partial charge in [0.05, 0.1) is 0 Å². The molecule has 22 heavy (non-hydrogen) atoms. The van der Waals surface area contributed by atoms with Crippen LogP contribution in [0.1, 0.15) is 39.0 Å². The van der Waals surface area contributed by atoms with E-state index in [-0.39, 0.29) is 30.3 Å². The number of piperidine rings is 1. The average Bonchev–Trinajstić information content (AvgIpc) is 2.46. The second-order valence-electron chi connectivity index (χ2n) is 5.62. The van der Waals surface area contributed by atoms with Crippen molar-refractivity contribution in [2.75, 3.05) is 16.8 Å². The van der Waals surface area contributed by atoms with Crippen LogP contribution < -0.4 is 16.0 Å². The molecule has 1 aromatic carbocycles. The van der Waals surface area contributed by atoms with Crippen LogP contribution in [0.4, 0.5) is 11.4 Å². The second kappa shape index (κ2) is 8.76. The highest BCUT2D eigenvalue weighted by molar-refractivity contribution is 5.96. The molecule has 0 saturated carbocycles. The zero-order valence-electron chi connectivity index (χ0n) is 12.9. The van der Waals surface area contributed by atoms with Gasteiger partial charge in [-0.1, -0.05) is 6.07 Å². The number of amides is 2. The minimum Gasteiger partial charge on any atom is -0.328 e. The fraction of sp³-hybridized carbons (Fsp3) is 0.500. The van der Waals surface area contributed by atoms with E-state index >= 15 is 0 Å². The van der Waals surface area contributed by atoms with Gasteiger partial charge in [-0.2, -0.15) is 0 Å². The summed E-state index contributed by atoms with van der Waals surface area (Å²) in [6.07, 6.45) is 3.66. The summed E-state index contributed by atoms with van der Waals surface area (Å²) >= 11 is 0. The highest BCUT2D eigenvalue weighted by atomic mass is 35.5. The van der Waals surface area contributed by atoms with Crippen molar-refractivity contribution in [1.29, 1.82) is 0 Å². The van der Waals surface area contributed by atoms with Crippen LogP contribution in [0.3, 0.4) is 0 Å². The third kappa shape index (κ3) is 5.31. The van der Waals surface area contributed by atoms with Crippen LogP contribution in [-0.2, 0) is 9.59 Å². The Labute approximate surface area is 137 Å². The Balaban J connectivity index is 0.00000242. The van der Waals surface area contributed by atoms with E-state index in [1.54, 1.807) is 4.90 Å². The normalized spacial score (nSPS) is 15.9. The Morgan fingerprint density at radius 1 is 1.41 bits per heavy atom. The van der Waals surface area contributed by atoms with Crippen LogP contribution in [0, 0.1) is 0 Å². The number of halogens is 1. The summed E-state index contributed by atoms with van der Waals surface area (Å²) in [5, 5.41) is 2.86. The molecule has 1 fully saturated rings. The maximum atomic E-state index is 11.9. The first-order valence-corrected chi connectivity index (χ1v) is 7.52. The lowest BCUT2D eigenvalue weighted by molar-refractivity contribution is -0.119. The van der Waals surface area contributed by atoms with Gasteiger partial charge >= 0.3 is 0 Å². The maximum absolute atomic E-state index is 11.9. The summed E-state index contributed by atoms with van der Waals surface area (Å²) in [4.78, 5) is 25.5. The molecule has 1 saturated heterocycles. The molecule has 0 radical (unpaired) electrons. The Morgan fingerprint density at radius 2 is 2.18 bits per heavy atom. The monoisotopic (exact) mass is 325 g/mol. The smallest absolute Gasteiger partial charge is 0.226 e. The van der Waals surface area contributed by atoms with Crippen molar-refractivity contribution in [2.24, 2.45) is 5.73 Å². The van der Waals surface area contributed by atoms with E-state index in [2.05, 4.69) is 5.32 Å². The number of nitrogens with two attached hydrogens (primary N) is 1. The van der Waals surface area contributed by atoms with Gasteiger partial charge in [0.15, 0.2) is 0 Å². The molecule has 1 atom stereocenters. The molecule has 0 bridgehead atoms. The van der Waals surface area contributed by atoms with Gasteiger partial charge in [0, 0.05) is 36.8 Å². The summed E-state index contributed by atoms with van der Waals surface area (Å²) in [5.41, 5.74) is 7.22. The van der Waals surface area contributed by atoms with Crippen LogP contribution in [0.25, 0.3) is 0 Å². The summed E-state index contributed by atoms with van der Waals surface area (Å²) in [5.74, 6) is 0.108. The largest absolute Gasteiger partial charge is 0.328 e. The number of nitrogens with one attached hydrogen (secondary N) is 1. The molecule has 2 rings (SSSR count). The molecule has 1 aliphatic rings. The van der Waals surface area contributed by atoms with Crippen molar-refractivity contribution in [2.45, 2.75) is 45.1 Å². The predicted octanol–water partition coefficient (Wildman–Crippen LogP) is 2.69. The number of rotatable bonds is 5. The molecule has 2 amide bonds. The van der Waals surface area contributed by atoms with E-state index in [1.807, 2.05) is 31.2 Å². The quantitative estimate of drug-likeness (QED) is 0.874. The van der Waals surface area contributed by atoms with Crippen LogP contribution in [-0.4, -0.2) is 24.4 Å². The lowest BCUT2D eigenvalue weighted by Gasteiger charge is -2.27. The highest BCUT2D eigenvalue weighted by Crippen LogP contribution is 2.24. The molecule has 1 aromatic rings. The standard InChI is InChI=1S/C16H23N3O2.ClH/c1-12(17)8-9-15(20)18-13-5-4-6-14(11-13)19-10-3-2-7-16(19)21;/h4-6,11-12H,2-3,7-10,17H2,1H3,(H,18,20);1H. The molecule has 1 unspecified atom stereocenters. The van der Waals surface area contributed by atoms with E-state index in [1.165, 1.54) is 0 Å². The lowest BCUT2D eigenvalue weighted by atomic mass is 10.1. The fourth-order valence-electron chi connectivity index (χ4n) is 2.41. The van der Waals surface area contributed by atoms with Gasteiger partial charge in [-0.3, -0.25) is 9.59 Å². The Hall–Kier alpha value is -1.59. The molecule has 1 heterocycles. The van der Waals surface area contributed by atoms with Crippen molar-refractivity contribution >= 4 is 35.6 Å². The molecular formula is C16H24ClN3O2. The number of nitrogens with zero attached hydrogens (tertiary/aromatic N) is 1. The Bertz CT molecular complexity index is 520. The van der Waals surface area contributed by atoms with Crippen LogP contribution >= 0.6 is 12.4 Å². The van der Waals surface area contributed by atoms with Crippen molar-refractivity contribution < 1.29 is 9.59 Å². The molecule has 1 aliphatic heterocycles. The zero-order chi connectivity index (χ0) is 15.2. The van der Waals surface area contributed by atoms with Crippen LogP contribution in [0.2, 0.25) is 0 Å². The fourth-order valence-corrected chi connectivity index (χ4v) is 2.41. The number of hydrogen-bond donors (Lipinski definition) is 2. The van der Waals surface area contributed by atoms with Crippen LogP contribution in [0.5, 0.6) is 0 Å². The average molecular weight is 326 g/mol. The van der Waals surface area contributed by atoms with Gasteiger partial charge in [0.2, 0.25) is 11.8 Å². The number of anilines is 2. The molecule has 122 valence electrons. The van der Waals surface area contributed by atoms with Gasteiger partial charge in [-0.25, -0.2) is 0 Å². The first-order valence-electron chi connectivity index (χ1n) is 7.52. The van der Waals surface area contributed by atoms with E-state index in [0.717, 1.165) is 30.8 Å². The zero-order valence-corrected chi connectivity index (χ0v) is 13.7. The SMILES string of the molecule is CC(N)CCC(=O)Nc1cccc(N2CCCCC2=O)c1.Cl. The minimum absolute atomic E-state index is 0. The summed E-state index contributed by atoms with van der Waals surface area (Å²) in [6, 6.07) is 7.47. The van der Waals surface area contributed by atoms with Gasteiger partial charge < -0.3 is 16.0 Å². The molecule has 0 aromatic heterocycles. The van der Waals surface area contributed by atoms with Gasteiger partial charge in [-0.05, 0) is 44.4 Å². The summed E-state index contributed by atoms with van der Waals surface area (Å²) in [6.45, 7) is 2.64. The van der Waals surface area contributed by atoms with E-state index in [9.17, 15) is 9.59 Å². The predicted molar refractivity (Wildman–Crippen MR) is 91.4 cm³/mol. The minimum atomic E-state index is -0.0468. The third-order valence-electron chi connectivity index (χ3n) is 3.59. The number of carbonyl (C=O) groups is 2. The van der Waals surface area contributed by atoms with E-state index in [4.69, 9.17) is 5.73 Å². The van der Waals surface area contributed by atoms with Crippen molar-refractivity contribution in [3.05, 3.63) is 24.3 Å². The molecule has 5 nitrogen and oxygen atoms in total. The number of benzene rings is 1. The van der Waals surface area contributed by atoms with Gasteiger partial charge in [0.25, 0.3) is 0 Å². The third-order valence-corrected chi connectivity index (χ3v) is 3.59. The van der Waals surface area contributed by atoms with E-state index in [0.29, 0.717) is 19.3 Å². The maximum Gasteiger partial charge on any atom is 0.226 e. The topological polar surface area (TPSA) is 75.4 Å². The first-order chi connectivity index (χ1) is 10.1. The van der Waals surface area contributed by atoms with Crippen molar-refractivity contribution in [3.63, 3.8) is 0 Å². The van der Waals surface area contributed by atoms with Crippen molar-refractivity contribution in [3.8, 4) is 0 Å².